The van der Waals surface area contributed by atoms with Gasteiger partial charge in [0.1, 0.15) is 31.2 Å². The third-order valence-electron chi connectivity index (χ3n) is 4.04. The summed E-state index contributed by atoms with van der Waals surface area (Å²) in [5, 5.41) is 23.6. The highest BCUT2D eigenvalue weighted by atomic mass is 16.6. The molecular weight excluding hydrogens is 354 g/mol. The molecule has 0 aliphatic carbocycles. The lowest BCUT2D eigenvalue weighted by Crippen LogP contribution is -2.32. The molecule has 10 heteroatoms. The first-order valence-corrected chi connectivity index (χ1v) is 8.04. The monoisotopic (exact) mass is 367 g/mol. The summed E-state index contributed by atoms with van der Waals surface area (Å²) in [4.78, 5) is 14.0. The van der Waals surface area contributed by atoms with Gasteiger partial charge >= 0.3 is 11.8 Å². The Morgan fingerprint density at radius 3 is 2.96 bits per heavy atom. The first kappa shape index (κ1) is 16.7. The van der Waals surface area contributed by atoms with Crippen LogP contribution in [0.15, 0.2) is 41.1 Å². The topological polar surface area (TPSA) is 129 Å². The zero-order valence-corrected chi connectivity index (χ0v) is 13.9. The van der Waals surface area contributed by atoms with Crippen LogP contribution in [-0.4, -0.2) is 32.3 Å². The summed E-state index contributed by atoms with van der Waals surface area (Å²) < 4.78 is 18.0. The van der Waals surface area contributed by atoms with E-state index in [1.165, 1.54) is 6.20 Å². The Hall–Kier alpha value is -3.71. The van der Waals surface area contributed by atoms with Crippen LogP contribution in [0.1, 0.15) is 11.3 Å². The molecule has 3 aromatic rings. The van der Waals surface area contributed by atoms with Crippen molar-refractivity contribution in [2.75, 3.05) is 6.61 Å². The number of nitrogens with zero attached hydrogens (tertiary/aromatic N) is 5. The Labute approximate surface area is 152 Å². The highest BCUT2D eigenvalue weighted by Crippen LogP contribution is 2.24. The molecule has 2 aromatic heterocycles. The van der Waals surface area contributed by atoms with Gasteiger partial charge in [0.15, 0.2) is 5.76 Å². The van der Waals surface area contributed by atoms with Crippen LogP contribution >= 0.6 is 0 Å². The third kappa shape index (κ3) is 3.49. The molecule has 4 rings (SSSR count). The van der Waals surface area contributed by atoms with Gasteiger partial charge in [0, 0.05) is 16.6 Å². The molecule has 0 saturated carbocycles. The summed E-state index contributed by atoms with van der Waals surface area (Å²) in [6, 6.07) is 11.0. The summed E-state index contributed by atoms with van der Waals surface area (Å²) in [5.41, 5.74) is 2.05. The van der Waals surface area contributed by atoms with E-state index in [2.05, 4.69) is 16.2 Å². The second-order valence-electron chi connectivity index (χ2n) is 5.90. The van der Waals surface area contributed by atoms with E-state index in [0.717, 1.165) is 5.56 Å². The van der Waals surface area contributed by atoms with E-state index in [9.17, 15) is 10.1 Å². The zero-order chi connectivity index (χ0) is 18.8. The number of ether oxygens (including phenoxy) is 2. The van der Waals surface area contributed by atoms with Gasteiger partial charge < -0.3 is 24.1 Å². The number of benzene rings is 1. The summed E-state index contributed by atoms with van der Waals surface area (Å²) in [5.74, 6) is 0.282. The van der Waals surface area contributed by atoms with E-state index in [0.29, 0.717) is 23.6 Å². The average molecular weight is 367 g/mol. The molecule has 136 valence electrons. The Morgan fingerprint density at radius 1 is 1.41 bits per heavy atom. The highest BCUT2D eigenvalue weighted by Gasteiger charge is 2.28. The molecule has 1 atom stereocenters. The van der Waals surface area contributed by atoms with Gasteiger partial charge in [0.05, 0.1) is 18.2 Å². The zero-order valence-electron chi connectivity index (χ0n) is 13.9. The van der Waals surface area contributed by atoms with Crippen molar-refractivity contribution in [1.82, 2.24) is 14.7 Å². The van der Waals surface area contributed by atoms with Gasteiger partial charge in [-0.3, -0.25) is 4.57 Å². The van der Waals surface area contributed by atoms with Crippen molar-refractivity contribution in [3.63, 3.8) is 0 Å². The van der Waals surface area contributed by atoms with Crippen molar-refractivity contribution >= 4 is 5.82 Å². The standard InChI is InChI=1S/C17H13N5O5/c18-6-11-1-3-12(4-2-11)15-5-13(27-20-15)9-25-14-7-21-8-16(22(23)24)19-17(21)26-10-14/h1-5,8,14H,7,9-10H2/t14-/m0/s1. The molecule has 10 nitrogen and oxygen atoms in total. The van der Waals surface area contributed by atoms with Gasteiger partial charge in [0.2, 0.25) is 0 Å². The van der Waals surface area contributed by atoms with E-state index in [4.69, 9.17) is 19.3 Å². The van der Waals surface area contributed by atoms with Gasteiger partial charge in [-0.25, -0.2) is 0 Å². The molecule has 0 N–H and O–H groups in total. The van der Waals surface area contributed by atoms with Gasteiger partial charge in [-0.15, -0.1) is 0 Å². The predicted molar refractivity (Wildman–Crippen MR) is 89.6 cm³/mol. The first-order chi connectivity index (χ1) is 13.1. The van der Waals surface area contributed by atoms with E-state index in [1.54, 1.807) is 34.9 Å². The van der Waals surface area contributed by atoms with Crippen molar-refractivity contribution in [3.8, 4) is 23.3 Å². The minimum atomic E-state index is -0.566. The molecule has 0 amide bonds. The molecule has 3 heterocycles. The molecule has 0 bridgehead atoms. The molecule has 0 unspecified atom stereocenters. The van der Waals surface area contributed by atoms with Crippen LogP contribution in [0, 0.1) is 21.4 Å². The van der Waals surface area contributed by atoms with E-state index in [1.807, 2.05) is 0 Å². The first-order valence-electron chi connectivity index (χ1n) is 8.04. The molecule has 0 spiro atoms. The van der Waals surface area contributed by atoms with Crippen LogP contribution in [0.5, 0.6) is 6.01 Å². The van der Waals surface area contributed by atoms with Crippen molar-refractivity contribution in [1.29, 1.82) is 5.26 Å². The number of hydrogen-bond acceptors (Lipinski definition) is 8. The fourth-order valence-corrected chi connectivity index (χ4v) is 2.69. The lowest BCUT2D eigenvalue weighted by atomic mass is 10.1. The van der Waals surface area contributed by atoms with Crippen LogP contribution in [-0.2, 0) is 17.9 Å². The van der Waals surface area contributed by atoms with Crippen LogP contribution in [0.25, 0.3) is 11.3 Å². The lowest BCUT2D eigenvalue weighted by molar-refractivity contribution is -0.389. The Balaban J connectivity index is 1.37. The highest BCUT2D eigenvalue weighted by molar-refractivity contribution is 5.59. The Bertz CT molecular complexity index is 1020. The molecule has 0 saturated heterocycles. The van der Waals surface area contributed by atoms with Crippen molar-refractivity contribution in [2.24, 2.45) is 0 Å². The van der Waals surface area contributed by atoms with Crippen molar-refractivity contribution in [3.05, 3.63) is 58.0 Å². The number of nitriles is 1. The lowest BCUT2D eigenvalue weighted by Gasteiger charge is -2.21. The number of aromatic nitrogens is 3. The smallest absolute Gasteiger partial charge is 0.414 e. The molecule has 1 aliphatic rings. The fraction of sp³-hybridized carbons (Fsp3) is 0.235. The van der Waals surface area contributed by atoms with E-state index in [-0.39, 0.29) is 31.1 Å². The van der Waals surface area contributed by atoms with Crippen LogP contribution < -0.4 is 4.74 Å². The Morgan fingerprint density at radius 2 is 2.22 bits per heavy atom. The number of imidazole rings is 1. The molecule has 1 aromatic carbocycles. The second kappa shape index (κ2) is 6.89. The number of fused-ring (bicyclic) bond motifs is 1. The summed E-state index contributed by atoms with van der Waals surface area (Å²) in [6.45, 7) is 0.820. The molecular formula is C17H13N5O5. The maximum absolute atomic E-state index is 10.8. The summed E-state index contributed by atoms with van der Waals surface area (Å²) in [6.07, 6.45) is 1.03. The van der Waals surface area contributed by atoms with Gasteiger partial charge in [0.25, 0.3) is 0 Å². The maximum atomic E-state index is 10.8. The third-order valence-corrected chi connectivity index (χ3v) is 4.04. The van der Waals surface area contributed by atoms with Gasteiger partial charge in [-0.2, -0.15) is 5.26 Å². The number of nitro groups is 1. The molecule has 0 fully saturated rings. The minimum absolute atomic E-state index is 0.184. The number of rotatable bonds is 5. The normalized spacial score (nSPS) is 15.6. The molecule has 0 radical (unpaired) electrons. The largest absolute Gasteiger partial charge is 0.443 e. The summed E-state index contributed by atoms with van der Waals surface area (Å²) >= 11 is 0. The van der Waals surface area contributed by atoms with Crippen LogP contribution in [0.2, 0.25) is 0 Å². The number of hydrogen-bond donors (Lipinski definition) is 0. The van der Waals surface area contributed by atoms with Crippen LogP contribution in [0.3, 0.4) is 0 Å². The van der Waals surface area contributed by atoms with Gasteiger partial charge in [-0.1, -0.05) is 17.3 Å². The fourth-order valence-electron chi connectivity index (χ4n) is 2.69. The van der Waals surface area contributed by atoms with E-state index < -0.39 is 4.92 Å². The average Bonchev–Trinajstić information content (AvgIpc) is 3.33. The summed E-state index contributed by atoms with van der Waals surface area (Å²) in [7, 11) is 0. The molecule has 1 aliphatic heterocycles. The van der Waals surface area contributed by atoms with Crippen molar-refractivity contribution < 1.29 is 18.9 Å². The van der Waals surface area contributed by atoms with Crippen LogP contribution in [0.4, 0.5) is 5.82 Å². The van der Waals surface area contributed by atoms with Gasteiger partial charge in [-0.05, 0) is 17.1 Å². The predicted octanol–water partition coefficient (Wildman–Crippen LogP) is 2.30. The molecule has 27 heavy (non-hydrogen) atoms. The maximum Gasteiger partial charge on any atom is 0.414 e. The quantitative estimate of drug-likeness (QED) is 0.496. The second-order valence-corrected chi connectivity index (χ2v) is 5.90. The SMILES string of the molecule is N#Cc1ccc(-c2cc(CO[C@@H]3COc4nc([N+](=O)[O-])cn4C3)on2)cc1. The minimum Gasteiger partial charge on any atom is -0.443 e. The van der Waals surface area contributed by atoms with Crippen molar-refractivity contribution in [2.45, 2.75) is 19.3 Å². The van der Waals surface area contributed by atoms with E-state index >= 15 is 0 Å². The Kier molecular flexibility index (Phi) is 4.27.